The van der Waals surface area contributed by atoms with Gasteiger partial charge in [0.15, 0.2) is 0 Å². The molecule has 0 heterocycles. The van der Waals surface area contributed by atoms with Crippen LogP contribution in [0.1, 0.15) is 52.0 Å². The van der Waals surface area contributed by atoms with Crippen molar-refractivity contribution in [2.45, 2.75) is 46.5 Å². The van der Waals surface area contributed by atoms with E-state index in [4.69, 9.17) is 0 Å². The lowest BCUT2D eigenvalue weighted by molar-refractivity contribution is 0.868. The minimum absolute atomic E-state index is 0.596. The van der Waals surface area contributed by atoms with E-state index in [0.29, 0.717) is 5.92 Å². The van der Waals surface area contributed by atoms with Gasteiger partial charge in [0, 0.05) is 12.7 Å². The van der Waals surface area contributed by atoms with E-state index in [0.717, 1.165) is 0 Å². The smallest absolute Gasteiger partial charge is 0.0372 e. The zero-order valence-corrected chi connectivity index (χ0v) is 10.8. The topological polar surface area (TPSA) is 12.0 Å². The van der Waals surface area contributed by atoms with Crippen LogP contribution in [0.15, 0.2) is 24.3 Å². The molecule has 1 N–H and O–H groups in total. The average molecular weight is 207 g/mol. The molecule has 0 radical (unpaired) electrons. The number of hydrogen-bond acceptors (Lipinski definition) is 1. The first-order valence-electron chi connectivity index (χ1n) is 5.93. The molecule has 1 heteroatoms. The minimum atomic E-state index is 0.596. The number of unbranched alkanes of at least 4 members (excludes halogenated alkanes) is 1. The molecule has 0 bridgehead atoms. The van der Waals surface area contributed by atoms with E-state index in [1.165, 1.54) is 24.1 Å². The summed E-state index contributed by atoms with van der Waals surface area (Å²) in [5.74, 6) is 0.596. The van der Waals surface area contributed by atoms with Crippen molar-refractivity contribution in [3.05, 3.63) is 29.8 Å². The van der Waals surface area contributed by atoms with Gasteiger partial charge in [-0.15, -0.1) is 0 Å². The number of rotatable bonds is 3. The zero-order valence-electron chi connectivity index (χ0n) is 10.8. The van der Waals surface area contributed by atoms with Crippen molar-refractivity contribution in [3.8, 4) is 0 Å². The molecule has 0 saturated heterocycles. The quantitative estimate of drug-likeness (QED) is 0.760. The Balaban J connectivity index is 0.000000423. The molecule has 0 unspecified atom stereocenters. The standard InChI is InChI=1S/C10H15N.C4H10/c1-8(2)9-6-4-5-7-10(9)11-3;1-3-4-2/h4-8,11H,1-3H3;3-4H2,1-2H3. The normalized spacial score (nSPS) is 9.47. The lowest BCUT2D eigenvalue weighted by Crippen LogP contribution is -1.96. The predicted octanol–water partition coefficient (Wildman–Crippen LogP) is 4.66. The number of nitrogens with one attached hydrogen (secondary N) is 1. The first kappa shape index (κ1) is 14.0. The van der Waals surface area contributed by atoms with E-state index >= 15 is 0 Å². The fraction of sp³-hybridized carbons (Fsp3) is 0.571. The van der Waals surface area contributed by atoms with Crippen LogP contribution in [0.2, 0.25) is 0 Å². The fourth-order valence-electron chi connectivity index (χ4n) is 1.23. The Morgan fingerprint density at radius 2 is 1.60 bits per heavy atom. The highest BCUT2D eigenvalue weighted by molar-refractivity contribution is 5.51. The molecule has 0 saturated carbocycles. The largest absolute Gasteiger partial charge is 0.388 e. The second-order valence-corrected chi connectivity index (χ2v) is 3.99. The molecule has 0 aliphatic rings. The summed E-state index contributed by atoms with van der Waals surface area (Å²) in [6, 6.07) is 8.40. The average Bonchev–Trinajstić information content (AvgIpc) is 2.29. The van der Waals surface area contributed by atoms with Gasteiger partial charge in [0.25, 0.3) is 0 Å². The highest BCUT2D eigenvalue weighted by Gasteiger charge is 2.02. The molecule has 1 nitrogen and oxygen atoms in total. The first-order chi connectivity index (χ1) is 7.17. The summed E-state index contributed by atoms with van der Waals surface area (Å²) in [6.07, 6.45) is 2.64. The summed E-state index contributed by atoms with van der Waals surface area (Å²) in [5, 5.41) is 3.18. The van der Waals surface area contributed by atoms with E-state index in [2.05, 4.69) is 57.3 Å². The van der Waals surface area contributed by atoms with Crippen LogP contribution in [0.4, 0.5) is 5.69 Å². The first-order valence-corrected chi connectivity index (χ1v) is 5.93. The molecule has 0 aliphatic carbocycles. The van der Waals surface area contributed by atoms with Crippen LogP contribution in [-0.2, 0) is 0 Å². The van der Waals surface area contributed by atoms with Crippen LogP contribution in [0, 0.1) is 0 Å². The van der Waals surface area contributed by atoms with Crippen molar-refractivity contribution in [2.75, 3.05) is 12.4 Å². The molecular formula is C14H25N. The number of para-hydroxylation sites is 1. The summed E-state index contributed by atoms with van der Waals surface area (Å²) in [4.78, 5) is 0. The maximum Gasteiger partial charge on any atom is 0.0372 e. The summed E-state index contributed by atoms with van der Waals surface area (Å²) in [7, 11) is 1.96. The third kappa shape index (κ3) is 5.46. The van der Waals surface area contributed by atoms with Gasteiger partial charge in [-0.25, -0.2) is 0 Å². The Labute approximate surface area is 94.9 Å². The van der Waals surface area contributed by atoms with Crippen molar-refractivity contribution in [3.63, 3.8) is 0 Å². The third-order valence-electron chi connectivity index (χ3n) is 2.35. The van der Waals surface area contributed by atoms with E-state index in [-0.39, 0.29) is 0 Å². The van der Waals surface area contributed by atoms with E-state index in [9.17, 15) is 0 Å². The minimum Gasteiger partial charge on any atom is -0.388 e. The highest BCUT2D eigenvalue weighted by atomic mass is 14.8. The van der Waals surface area contributed by atoms with Crippen molar-refractivity contribution in [1.29, 1.82) is 0 Å². The second-order valence-electron chi connectivity index (χ2n) is 3.99. The van der Waals surface area contributed by atoms with E-state index < -0.39 is 0 Å². The van der Waals surface area contributed by atoms with Crippen molar-refractivity contribution >= 4 is 5.69 Å². The molecule has 1 aromatic carbocycles. The van der Waals surface area contributed by atoms with Gasteiger partial charge in [-0.1, -0.05) is 58.7 Å². The van der Waals surface area contributed by atoms with Gasteiger partial charge in [0.05, 0.1) is 0 Å². The van der Waals surface area contributed by atoms with Gasteiger partial charge in [-0.05, 0) is 17.5 Å². The molecule has 1 aromatic rings. The molecule has 1 rings (SSSR count). The Morgan fingerprint density at radius 3 is 1.93 bits per heavy atom. The van der Waals surface area contributed by atoms with Gasteiger partial charge in [0.2, 0.25) is 0 Å². The van der Waals surface area contributed by atoms with Gasteiger partial charge in [0.1, 0.15) is 0 Å². The van der Waals surface area contributed by atoms with Gasteiger partial charge < -0.3 is 5.32 Å². The van der Waals surface area contributed by atoms with Gasteiger partial charge in [-0.3, -0.25) is 0 Å². The van der Waals surface area contributed by atoms with Crippen LogP contribution in [0.3, 0.4) is 0 Å². The second kappa shape index (κ2) is 8.34. The maximum absolute atomic E-state index is 3.18. The van der Waals surface area contributed by atoms with Crippen molar-refractivity contribution in [2.24, 2.45) is 0 Å². The van der Waals surface area contributed by atoms with Gasteiger partial charge >= 0.3 is 0 Å². The predicted molar refractivity (Wildman–Crippen MR) is 70.7 cm³/mol. The fourth-order valence-corrected chi connectivity index (χ4v) is 1.23. The van der Waals surface area contributed by atoms with Crippen LogP contribution >= 0.6 is 0 Å². The molecule has 0 fully saturated rings. The number of hydrogen-bond donors (Lipinski definition) is 1. The number of benzene rings is 1. The Hall–Kier alpha value is -0.980. The van der Waals surface area contributed by atoms with Crippen LogP contribution in [-0.4, -0.2) is 7.05 Å². The van der Waals surface area contributed by atoms with E-state index in [1.807, 2.05) is 7.05 Å². The van der Waals surface area contributed by atoms with Crippen molar-refractivity contribution < 1.29 is 0 Å². The van der Waals surface area contributed by atoms with Crippen molar-refractivity contribution in [1.82, 2.24) is 0 Å². The summed E-state index contributed by atoms with van der Waals surface area (Å²) < 4.78 is 0. The Kier molecular flexibility index (Phi) is 7.79. The lowest BCUT2D eigenvalue weighted by atomic mass is 10.0. The molecule has 0 spiro atoms. The molecule has 0 aliphatic heterocycles. The Morgan fingerprint density at radius 1 is 1.07 bits per heavy atom. The highest BCUT2D eigenvalue weighted by Crippen LogP contribution is 2.22. The van der Waals surface area contributed by atoms with Crippen LogP contribution < -0.4 is 5.32 Å². The maximum atomic E-state index is 3.18. The molecule has 15 heavy (non-hydrogen) atoms. The van der Waals surface area contributed by atoms with Crippen LogP contribution in [0.5, 0.6) is 0 Å². The lowest BCUT2D eigenvalue weighted by Gasteiger charge is -2.10. The van der Waals surface area contributed by atoms with Crippen LogP contribution in [0.25, 0.3) is 0 Å². The molecule has 0 aromatic heterocycles. The Bertz CT molecular complexity index is 251. The third-order valence-corrected chi connectivity index (χ3v) is 2.35. The molecule has 0 atom stereocenters. The number of anilines is 1. The van der Waals surface area contributed by atoms with E-state index in [1.54, 1.807) is 0 Å². The summed E-state index contributed by atoms with van der Waals surface area (Å²) in [5.41, 5.74) is 2.62. The zero-order chi connectivity index (χ0) is 11.7. The summed E-state index contributed by atoms with van der Waals surface area (Å²) in [6.45, 7) is 8.77. The monoisotopic (exact) mass is 207 g/mol. The van der Waals surface area contributed by atoms with Gasteiger partial charge in [-0.2, -0.15) is 0 Å². The molecule has 0 amide bonds. The summed E-state index contributed by atoms with van der Waals surface area (Å²) >= 11 is 0. The SMILES string of the molecule is CCCC.CNc1ccccc1C(C)C. The molecular weight excluding hydrogens is 182 g/mol. The molecule has 86 valence electrons.